The van der Waals surface area contributed by atoms with Crippen molar-refractivity contribution in [3.63, 3.8) is 0 Å². The molecule has 0 spiro atoms. The number of nitrogens with two attached hydrogens (primary N) is 1. The fourth-order valence-corrected chi connectivity index (χ4v) is 3.59. The first-order valence-electron chi connectivity index (χ1n) is 7.76. The van der Waals surface area contributed by atoms with Crippen LogP contribution in [0.1, 0.15) is 35.0 Å². The monoisotopic (exact) mass is 351 g/mol. The smallest absolute Gasteiger partial charge is 0.274 e. The zero-order valence-corrected chi connectivity index (χ0v) is 14.5. The molecule has 0 aliphatic carbocycles. The average molecular weight is 351 g/mol. The number of nitrogens with one attached hydrogen (secondary N) is 1. The van der Waals surface area contributed by atoms with Crippen molar-refractivity contribution in [3.05, 3.63) is 59.4 Å². The van der Waals surface area contributed by atoms with E-state index in [1.54, 1.807) is 17.8 Å². The van der Waals surface area contributed by atoms with Gasteiger partial charge < -0.3 is 11.1 Å². The topological polar surface area (TPSA) is 104 Å². The van der Waals surface area contributed by atoms with Crippen LogP contribution in [0, 0.1) is 11.3 Å². The molecule has 1 aliphatic rings. The molecule has 2 aromatic rings. The Balaban J connectivity index is 1.81. The van der Waals surface area contributed by atoms with Gasteiger partial charge in [0.1, 0.15) is 11.8 Å². The molecule has 1 aromatic heterocycles. The van der Waals surface area contributed by atoms with Gasteiger partial charge in [-0.25, -0.2) is 4.98 Å². The Morgan fingerprint density at radius 2 is 2.24 bits per heavy atom. The molecule has 1 unspecified atom stereocenters. The number of thioether (sulfide) groups is 1. The molecular weight excluding hydrogens is 334 g/mol. The van der Waals surface area contributed by atoms with Gasteiger partial charge in [0.2, 0.25) is 0 Å². The normalized spacial score (nSPS) is 19.6. The molecule has 0 fully saturated rings. The number of anilines is 1. The van der Waals surface area contributed by atoms with E-state index >= 15 is 0 Å². The van der Waals surface area contributed by atoms with Crippen molar-refractivity contribution in [2.24, 2.45) is 10.7 Å². The molecule has 25 heavy (non-hydrogen) atoms. The summed E-state index contributed by atoms with van der Waals surface area (Å²) in [5.41, 5.74) is 7.83. The largest absolute Gasteiger partial charge is 0.379 e. The second-order valence-electron chi connectivity index (χ2n) is 5.90. The van der Waals surface area contributed by atoms with Gasteiger partial charge in [0.25, 0.3) is 5.91 Å². The first-order valence-corrected chi connectivity index (χ1v) is 8.75. The number of rotatable bonds is 3. The van der Waals surface area contributed by atoms with Gasteiger partial charge in [-0.15, -0.1) is 0 Å². The molecule has 7 heteroatoms. The highest BCUT2D eigenvalue weighted by molar-refractivity contribution is 8.13. The third kappa shape index (κ3) is 3.80. The Labute approximate surface area is 150 Å². The molecule has 1 aromatic carbocycles. The van der Waals surface area contributed by atoms with Gasteiger partial charge in [0.05, 0.1) is 11.1 Å². The van der Waals surface area contributed by atoms with Crippen LogP contribution in [0.4, 0.5) is 5.69 Å². The highest BCUT2D eigenvalue weighted by Crippen LogP contribution is 2.35. The number of amides is 1. The Morgan fingerprint density at radius 1 is 1.40 bits per heavy atom. The molecule has 6 nitrogen and oxygen atoms in total. The highest BCUT2D eigenvalue weighted by Gasteiger charge is 2.29. The first-order chi connectivity index (χ1) is 12.0. The quantitative estimate of drug-likeness (QED) is 0.885. The average Bonchev–Trinajstić information content (AvgIpc) is 2.62. The van der Waals surface area contributed by atoms with Gasteiger partial charge >= 0.3 is 0 Å². The Hall–Kier alpha value is -2.85. The van der Waals surface area contributed by atoms with Crippen LogP contribution < -0.4 is 11.1 Å². The number of aromatic nitrogens is 1. The van der Waals surface area contributed by atoms with Gasteiger partial charge in [0.15, 0.2) is 5.17 Å². The summed E-state index contributed by atoms with van der Waals surface area (Å²) in [6.07, 6.45) is 2.26. The molecule has 0 radical (unpaired) electrons. The van der Waals surface area contributed by atoms with E-state index in [2.05, 4.69) is 15.3 Å². The predicted octanol–water partition coefficient (Wildman–Crippen LogP) is 2.87. The second kappa shape index (κ2) is 6.95. The summed E-state index contributed by atoms with van der Waals surface area (Å²) >= 11 is 1.56. The van der Waals surface area contributed by atoms with Gasteiger partial charge in [-0.3, -0.25) is 9.79 Å². The minimum absolute atomic E-state index is 0.256. The fourth-order valence-electron chi connectivity index (χ4n) is 2.62. The van der Waals surface area contributed by atoms with E-state index in [0.29, 0.717) is 16.4 Å². The second-order valence-corrected chi connectivity index (χ2v) is 7.02. The minimum atomic E-state index is -0.386. The number of pyridine rings is 1. The summed E-state index contributed by atoms with van der Waals surface area (Å²) in [5, 5.41) is 12.2. The predicted molar refractivity (Wildman–Crippen MR) is 99.4 cm³/mol. The van der Waals surface area contributed by atoms with E-state index in [-0.39, 0.29) is 17.1 Å². The van der Waals surface area contributed by atoms with E-state index < -0.39 is 0 Å². The Morgan fingerprint density at radius 3 is 2.92 bits per heavy atom. The molecule has 2 heterocycles. The summed E-state index contributed by atoms with van der Waals surface area (Å²) in [5.74, 6) is 0.589. The van der Waals surface area contributed by atoms with E-state index in [4.69, 9.17) is 11.0 Å². The SMILES string of the molecule is CC1(c2cccc(NC(=O)c3ccc(C#N)cn3)c2)CCSC(N)=N1. The maximum absolute atomic E-state index is 12.3. The number of nitrogens with zero attached hydrogens (tertiary/aromatic N) is 3. The molecule has 3 rings (SSSR count). The van der Waals surface area contributed by atoms with Crippen molar-refractivity contribution < 1.29 is 4.79 Å². The lowest BCUT2D eigenvalue weighted by atomic mass is 9.89. The lowest BCUT2D eigenvalue weighted by Gasteiger charge is -2.30. The molecule has 1 atom stereocenters. The number of amidine groups is 1. The molecule has 0 saturated heterocycles. The lowest BCUT2D eigenvalue weighted by Crippen LogP contribution is -2.28. The summed E-state index contributed by atoms with van der Waals surface area (Å²) in [6, 6.07) is 12.7. The van der Waals surface area contributed by atoms with E-state index in [1.807, 2.05) is 37.3 Å². The Bertz CT molecular complexity index is 872. The molecule has 3 N–H and O–H groups in total. The van der Waals surface area contributed by atoms with Crippen LogP contribution in [0.15, 0.2) is 47.6 Å². The molecule has 0 bridgehead atoms. The van der Waals surface area contributed by atoms with Gasteiger partial charge in [-0.2, -0.15) is 5.26 Å². The van der Waals surface area contributed by atoms with Crippen LogP contribution in [0.3, 0.4) is 0 Å². The number of carbonyl (C=O) groups excluding carboxylic acids is 1. The number of hydrogen-bond donors (Lipinski definition) is 2. The van der Waals surface area contributed by atoms with Crippen LogP contribution in [0.5, 0.6) is 0 Å². The van der Waals surface area contributed by atoms with Crippen LogP contribution in [0.2, 0.25) is 0 Å². The van der Waals surface area contributed by atoms with E-state index in [9.17, 15) is 4.79 Å². The zero-order valence-electron chi connectivity index (χ0n) is 13.7. The fraction of sp³-hybridized carbons (Fsp3) is 0.222. The number of aliphatic imine (C=N–C) groups is 1. The maximum atomic E-state index is 12.3. The molecule has 1 amide bonds. The number of carbonyl (C=O) groups is 1. The number of hydrogen-bond acceptors (Lipinski definition) is 6. The van der Waals surface area contributed by atoms with Crippen molar-refractivity contribution in [1.82, 2.24) is 4.98 Å². The minimum Gasteiger partial charge on any atom is -0.379 e. The summed E-state index contributed by atoms with van der Waals surface area (Å²) in [7, 11) is 0. The summed E-state index contributed by atoms with van der Waals surface area (Å²) < 4.78 is 0. The van der Waals surface area contributed by atoms with Gasteiger partial charge in [0, 0.05) is 17.6 Å². The maximum Gasteiger partial charge on any atom is 0.274 e. The van der Waals surface area contributed by atoms with Gasteiger partial charge in [-0.05, 0) is 43.2 Å². The standard InChI is InChI=1S/C18H17N5OS/c1-18(7-8-25-17(20)23-18)13-3-2-4-14(9-13)22-16(24)15-6-5-12(10-19)11-21-15/h2-6,9,11H,7-8H2,1H3,(H2,20,23)(H,22,24). The summed E-state index contributed by atoms with van der Waals surface area (Å²) in [4.78, 5) is 20.9. The molecule has 126 valence electrons. The van der Waals surface area contributed by atoms with E-state index in [1.165, 1.54) is 12.3 Å². The van der Waals surface area contributed by atoms with Gasteiger partial charge in [-0.1, -0.05) is 23.9 Å². The van der Waals surface area contributed by atoms with Crippen LogP contribution in [0.25, 0.3) is 0 Å². The van der Waals surface area contributed by atoms with Crippen molar-refractivity contribution in [3.8, 4) is 6.07 Å². The van der Waals surface area contributed by atoms with Crippen molar-refractivity contribution in [2.45, 2.75) is 18.9 Å². The lowest BCUT2D eigenvalue weighted by molar-refractivity contribution is 0.102. The Kier molecular flexibility index (Phi) is 4.72. The van der Waals surface area contributed by atoms with E-state index in [0.717, 1.165) is 17.7 Å². The highest BCUT2D eigenvalue weighted by atomic mass is 32.2. The first kappa shape index (κ1) is 17.0. The summed E-state index contributed by atoms with van der Waals surface area (Å²) in [6.45, 7) is 2.04. The molecular formula is C18H17N5OS. The van der Waals surface area contributed by atoms with Crippen LogP contribution in [-0.2, 0) is 5.54 Å². The number of nitriles is 1. The third-order valence-electron chi connectivity index (χ3n) is 4.06. The van der Waals surface area contributed by atoms with Crippen LogP contribution >= 0.6 is 11.8 Å². The van der Waals surface area contributed by atoms with Crippen molar-refractivity contribution in [2.75, 3.05) is 11.1 Å². The zero-order chi connectivity index (χ0) is 17.9. The third-order valence-corrected chi connectivity index (χ3v) is 4.86. The van der Waals surface area contributed by atoms with Crippen LogP contribution in [-0.4, -0.2) is 21.8 Å². The number of benzene rings is 1. The van der Waals surface area contributed by atoms with Crippen molar-refractivity contribution in [1.29, 1.82) is 5.26 Å². The molecule has 0 saturated carbocycles. The molecule has 1 aliphatic heterocycles. The van der Waals surface area contributed by atoms with Crippen molar-refractivity contribution >= 4 is 28.5 Å².